The minimum absolute atomic E-state index is 0.213. The summed E-state index contributed by atoms with van der Waals surface area (Å²) in [5, 5.41) is 13.2. The third kappa shape index (κ3) is 2.13. The first-order valence-corrected chi connectivity index (χ1v) is 5.54. The highest BCUT2D eigenvalue weighted by molar-refractivity contribution is 5.35. The first-order chi connectivity index (χ1) is 7.33. The number of piperidine rings is 1. The van der Waals surface area contributed by atoms with E-state index in [-0.39, 0.29) is 6.04 Å². The lowest BCUT2D eigenvalue weighted by molar-refractivity contribution is 0.284. The van der Waals surface area contributed by atoms with Crippen LogP contribution in [0.4, 0.5) is 0 Å². The van der Waals surface area contributed by atoms with E-state index in [0.29, 0.717) is 18.2 Å². The highest BCUT2D eigenvalue weighted by atomic mass is 16.3. The third-order valence-corrected chi connectivity index (χ3v) is 3.16. The molecule has 1 aliphatic rings. The molecule has 1 heterocycles. The summed E-state index contributed by atoms with van der Waals surface area (Å²) in [5.74, 6) is 0.808. The number of hydrogen-bond acceptors (Lipinski definition) is 3. The Hall–Kier alpha value is -1.06. The molecule has 0 aliphatic carbocycles. The van der Waals surface area contributed by atoms with E-state index in [1.54, 1.807) is 6.07 Å². The maximum absolute atomic E-state index is 9.80. The lowest BCUT2D eigenvalue weighted by Crippen LogP contribution is -2.37. The van der Waals surface area contributed by atoms with Gasteiger partial charge in [-0.2, -0.15) is 0 Å². The molecule has 0 saturated carbocycles. The fourth-order valence-corrected chi connectivity index (χ4v) is 2.32. The van der Waals surface area contributed by atoms with Gasteiger partial charge in [0.25, 0.3) is 0 Å². The molecule has 3 heteroatoms. The standard InChI is InChI=1S/C12H18N2O/c13-8-9-4-3-7-14-12(9)10-5-1-2-6-11(10)15/h1-2,5-6,9,12,14-15H,3-4,7-8,13H2/t9-,12+/m0/s1. The summed E-state index contributed by atoms with van der Waals surface area (Å²) >= 11 is 0. The summed E-state index contributed by atoms with van der Waals surface area (Å²) in [6.45, 7) is 1.68. The van der Waals surface area contributed by atoms with Crippen LogP contribution in [0, 0.1) is 5.92 Å². The second-order valence-corrected chi connectivity index (χ2v) is 4.13. The smallest absolute Gasteiger partial charge is 0.120 e. The average Bonchev–Trinajstić information content (AvgIpc) is 2.30. The van der Waals surface area contributed by atoms with Crippen molar-refractivity contribution in [3.8, 4) is 5.75 Å². The van der Waals surface area contributed by atoms with Gasteiger partial charge in [-0.05, 0) is 37.9 Å². The van der Waals surface area contributed by atoms with Gasteiger partial charge in [-0.1, -0.05) is 18.2 Å². The molecule has 0 bridgehead atoms. The zero-order valence-electron chi connectivity index (χ0n) is 8.82. The Bertz CT molecular complexity index is 327. The monoisotopic (exact) mass is 206 g/mol. The molecule has 1 aliphatic heterocycles. The molecule has 0 amide bonds. The van der Waals surface area contributed by atoms with Gasteiger partial charge in [-0.25, -0.2) is 0 Å². The number of rotatable bonds is 2. The van der Waals surface area contributed by atoms with Crippen molar-refractivity contribution in [3.05, 3.63) is 29.8 Å². The zero-order chi connectivity index (χ0) is 10.7. The van der Waals surface area contributed by atoms with E-state index in [1.807, 2.05) is 18.2 Å². The van der Waals surface area contributed by atoms with Crippen LogP contribution in [0.2, 0.25) is 0 Å². The molecule has 1 aromatic rings. The van der Waals surface area contributed by atoms with Crippen LogP contribution in [-0.4, -0.2) is 18.2 Å². The van der Waals surface area contributed by atoms with E-state index in [2.05, 4.69) is 5.32 Å². The molecule has 2 atom stereocenters. The maximum atomic E-state index is 9.80. The lowest BCUT2D eigenvalue weighted by Gasteiger charge is -2.32. The number of benzene rings is 1. The summed E-state index contributed by atoms with van der Waals surface area (Å²) in [6.07, 6.45) is 2.31. The Morgan fingerprint density at radius 2 is 2.20 bits per heavy atom. The van der Waals surface area contributed by atoms with Crippen LogP contribution in [0.3, 0.4) is 0 Å². The van der Waals surface area contributed by atoms with Crippen LogP contribution < -0.4 is 11.1 Å². The fourth-order valence-electron chi connectivity index (χ4n) is 2.32. The Labute approximate surface area is 90.3 Å². The quantitative estimate of drug-likeness (QED) is 0.685. The minimum Gasteiger partial charge on any atom is -0.508 e. The maximum Gasteiger partial charge on any atom is 0.120 e. The predicted octanol–water partition coefficient (Wildman–Crippen LogP) is 1.39. The van der Waals surface area contributed by atoms with Crippen LogP contribution in [0.25, 0.3) is 0 Å². The van der Waals surface area contributed by atoms with Crippen LogP contribution in [-0.2, 0) is 0 Å². The molecule has 0 radical (unpaired) electrons. The summed E-state index contributed by atoms with van der Waals surface area (Å²) in [7, 11) is 0. The highest BCUT2D eigenvalue weighted by Crippen LogP contribution is 2.33. The van der Waals surface area contributed by atoms with Crippen molar-refractivity contribution in [2.45, 2.75) is 18.9 Å². The number of aromatic hydroxyl groups is 1. The normalized spacial score (nSPS) is 26.5. The second kappa shape index (κ2) is 4.64. The summed E-state index contributed by atoms with van der Waals surface area (Å²) < 4.78 is 0. The van der Waals surface area contributed by atoms with Gasteiger partial charge < -0.3 is 16.2 Å². The fraction of sp³-hybridized carbons (Fsp3) is 0.500. The number of nitrogens with one attached hydrogen (secondary N) is 1. The topological polar surface area (TPSA) is 58.3 Å². The van der Waals surface area contributed by atoms with Gasteiger partial charge in [0.05, 0.1) is 0 Å². The van der Waals surface area contributed by atoms with Crippen molar-refractivity contribution in [2.75, 3.05) is 13.1 Å². The van der Waals surface area contributed by atoms with E-state index in [9.17, 15) is 5.11 Å². The minimum atomic E-state index is 0.213. The van der Waals surface area contributed by atoms with Crippen molar-refractivity contribution in [1.82, 2.24) is 5.32 Å². The molecular weight excluding hydrogens is 188 g/mol. The van der Waals surface area contributed by atoms with Crippen molar-refractivity contribution in [1.29, 1.82) is 0 Å². The third-order valence-electron chi connectivity index (χ3n) is 3.16. The second-order valence-electron chi connectivity index (χ2n) is 4.13. The predicted molar refractivity (Wildman–Crippen MR) is 60.6 cm³/mol. The first-order valence-electron chi connectivity index (χ1n) is 5.54. The summed E-state index contributed by atoms with van der Waals surface area (Å²) in [4.78, 5) is 0. The van der Waals surface area contributed by atoms with E-state index in [1.165, 1.54) is 6.42 Å². The van der Waals surface area contributed by atoms with Gasteiger partial charge in [0, 0.05) is 11.6 Å². The van der Waals surface area contributed by atoms with E-state index in [4.69, 9.17) is 5.73 Å². The Morgan fingerprint density at radius 1 is 1.40 bits per heavy atom. The van der Waals surface area contributed by atoms with Crippen LogP contribution in [0.1, 0.15) is 24.4 Å². The Morgan fingerprint density at radius 3 is 2.93 bits per heavy atom. The molecule has 2 rings (SSSR count). The van der Waals surface area contributed by atoms with Crippen LogP contribution >= 0.6 is 0 Å². The van der Waals surface area contributed by atoms with E-state index < -0.39 is 0 Å². The molecule has 3 nitrogen and oxygen atoms in total. The van der Waals surface area contributed by atoms with Crippen molar-refractivity contribution in [3.63, 3.8) is 0 Å². The molecule has 0 unspecified atom stereocenters. The van der Waals surface area contributed by atoms with E-state index >= 15 is 0 Å². The summed E-state index contributed by atoms with van der Waals surface area (Å²) in [6, 6.07) is 7.73. The van der Waals surface area contributed by atoms with Crippen molar-refractivity contribution >= 4 is 0 Å². The summed E-state index contributed by atoms with van der Waals surface area (Å²) in [5.41, 5.74) is 6.74. The number of para-hydroxylation sites is 1. The molecule has 82 valence electrons. The number of phenols is 1. The molecule has 4 N–H and O–H groups in total. The highest BCUT2D eigenvalue weighted by Gasteiger charge is 2.26. The molecule has 1 fully saturated rings. The van der Waals surface area contributed by atoms with Gasteiger partial charge in [0.15, 0.2) is 0 Å². The van der Waals surface area contributed by atoms with Crippen LogP contribution in [0.15, 0.2) is 24.3 Å². The molecule has 1 aromatic carbocycles. The zero-order valence-corrected chi connectivity index (χ0v) is 8.82. The van der Waals surface area contributed by atoms with Gasteiger partial charge in [-0.15, -0.1) is 0 Å². The van der Waals surface area contributed by atoms with Crippen LogP contribution in [0.5, 0.6) is 5.75 Å². The first kappa shape index (κ1) is 10.5. The Balaban J connectivity index is 2.24. The molecular formula is C12H18N2O. The number of nitrogens with two attached hydrogens (primary N) is 1. The molecule has 0 spiro atoms. The van der Waals surface area contributed by atoms with Gasteiger partial charge >= 0.3 is 0 Å². The number of hydrogen-bond donors (Lipinski definition) is 3. The van der Waals surface area contributed by atoms with Gasteiger partial charge in [0.2, 0.25) is 0 Å². The van der Waals surface area contributed by atoms with Crippen molar-refractivity contribution in [2.24, 2.45) is 11.7 Å². The average molecular weight is 206 g/mol. The van der Waals surface area contributed by atoms with E-state index in [0.717, 1.165) is 18.5 Å². The Kier molecular flexibility index (Phi) is 3.23. The van der Waals surface area contributed by atoms with Gasteiger partial charge in [-0.3, -0.25) is 0 Å². The largest absolute Gasteiger partial charge is 0.508 e. The number of phenolic OH excluding ortho intramolecular Hbond substituents is 1. The molecule has 0 aromatic heterocycles. The lowest BCUT2D eigenvalue weighted by atomic mass is 9.86. The van der Waals surface area contributed by atoms with Crippen molar-refractivity contribution < 1.29 is 5.11 Å². The molecule has 1 saturated heterocycles. The van der Waals surface area contributed by atoms with Gasteiger partial charge in [0.1, 0.15) is 5.75 Å². The SMILES string of the molecule is NC[C@@H]1CCCN[C@H]1c1ccccc1O. The molecule has 15 heavy (non-hydrogen) atoms.